The van der Waals surface area contributed by atoms with Crippen molar-refractivity contribution in [2.45, 2.75) is 5.51 Å². The van der Waals surface area contributed by atoms with E-state index in [-0.39, 0.29) is 30.0 Å². The number of carbonyl (C=O) groups excluding carboxylic acids is 1. The number of hydrogen-bond acceptors (Lipinski definition) is 2. The lowest BCUT2D eigenvalue weighted by molar-refractivity contribution is -0.0327. The maximum Gasteiger partial charge on any atom is 0.441 e. The Hall–Kier alpha value is -0.690. The van der Waals surface area contributed by atoms with Gasteiger partial charge in [-0.25, -0.2) is 0 Å². The molecule has 2 nitrogen and oxygen atoms in total. The molecule has 0 aliphatic rings. The number of nitrogens with one attached hydrogen (secondary N) is 1. The summed E-state index contributed by atoms with van der Waals surface area (Å²) in [5.41, 5.74) is -3.84. The lowest BCUT2D eigenvalue weighted by atomic mass is 10.2. The molecule has 0 bridgehead atoms. The van der Waals surface area contributed by atoms with Gasteiger partial charge in [0.05, 0.1) is 5.56 Å². The molecule has 0 radical (unpaired) electrons. The van der Waals surface area contributed by atoms with Crippen LogP contribution in [0.4, 0.5) is 13.2 Å². The van der Waals surface area contributed by atoms with Gasteiger partial charge < -0.3 is 5.32 Å². The first-order valence-corrected chi connectivity index (χ1v) is 6.41. The minimum atomic E-state index is -4.25. The van der Waals surface area contributed by atoms with Gasteiger partial charge in [0.25, 0.3) is 5.91 Å². The Balaban J connectivity index is 2.39. The topological polar surface area (TPSA) is 29.1 Å². The Morgan fingerprint density at radius 2 is 2.00 bits per heavy atom. The average molecular weight is 328 g/mol. The number of amides is 1. The van der Waals surface area contributed by atoms with E-state index in [1.165, 1.54) is 0 Å². The fraction of sp³-hybridized carbons (Fsp3) is 0.300. The minimum absolute atomic E-state index is 0.0235. The van der Waals surface area contributed by atoms with E-state index in [1.54, 1.807) is 24.3 Å². The largest absolute Gasteiger partial charge is 0.441 e. The maximum absolute atomic E-state index is 11.8. The smallest absolute Gasteiger partial charge is 0.351 e. The van der Waals surface area contributed by atoms with Crippen LogP contribution in [0, 0.1) is 0 Å². The Labute approximate surface area is 109 Å². The van der Waals surface area contributed by atoms with E-state index >= 15 is 0 Å². The number of halogens is 4. The first kappa shape index (κ1) is 14.4. The van der Waals surface area contributed by atoms with Crippen LogP contribution in [0.3, 0.4) is 0 Å². The molecule has 1 aromatic rings. The summed E-state index contributed by atoms with van der Waals surface area (Å²) < 4.78 is 36.0. The molecule has 0 saturated heterocycles. The van der Waals surface area contributed by atoms with Crippen molar-refractivity contribution in [3.8, 4) is 0 Å². The van der Waals surface area contributed by atoms with Gasteiger partial charge in [0, 0.05) is 16.8 Å². The molecule has 0 fully saturated rings. The molecule has 0 spiro atoms. The number of carbonyl (C=O) groups is 1. The predicted molar refractivity (Wildman–Crippen MR) is 65.0 cm³/mol. The Morgan fingerprint density at radius 3 is 2.59 bits per heavy atom. The summed E-state index contributed by atoms with van der Waals surface area (Å²) in [5.74, 6) is -0.583. The molecule has 1 aromatic carbocycles. The zero-order valence-electron chi connectivity index (χ0n) is 8.55. The highest BCUT2D eigenvalue weighted by Crippen LogP contribution is 2.29. The first-order valence-electron chi connectivity index (χ1n) is 4.63. The third-order valence-corrected chi connectivity index (χ3v) is 3.20. The van der Waals surface area contributed by atoms with Gasteiger partial charge in [-0.2, -0.15) is 13.2 Å². The lowest BCUT2D eigenvalue weighted by Gasteiger charge is -2.08. The predicted octanol–water partition coefficient (Wildman–Crippen LogP) is 3.43. The van der Waals surface area contributed by atoms with Gasteiger partial charge >= 0.3 is 5.51 Å². The van der Waals surface area contributed by atoms with Crippen molar-refractivity contribution in [3.63, 3.8) is 0 Å². The molecule has 94 valence electrons. The van der Waals surface area contributed by atoms with E-state index in [9.17, 15) is 18.0 Å². The lowest BCUT2D eigenvalue weighted by Crippen LogP contribution is -2.26. The fourth-order valence-corrected chi connectivity index (χ4v) is 1.97. The van der Waals surface area contributed by atoms with Crippen molar-refractivity contribution in [2.75, 3.05) is 12.3 Å². The van der Waals surface area contributed by atoms with Crippen LogP contribution >= 0.6 is 27.7 Å². The van der Waals surface area contributed by atoms with Crippen molar-refractivity contribution in [1.29, 1.82) is 0 Å². The van der Waals surface area contributed by atoms with E-state index in [1.807, 2.05) is 0 Å². The summed E-state index contributed by atoms with van der Waals surface area (Å²) in [5, 5.41) is 2.42. The van der Waals surface area contributed by atoms with Gasteiger partial charge in [-0.05, 0) is 39.8 Å². The number of benzene rings is 1. The molecule has 1 amide bonds. The summed E-state index contributed by atoms with van der Waals surface area (Å²) in [6, 6.07) is 6.72. The highest BCUT2D eigenvalue weighted by atomic mass is 79.9. The van der Waals surface area contributed by atoms with Gasteiger partial charge in [-0.1, -0.05) is 12.1 Å². The highest BCUT2D eigenvalue weighted by molar-refractivity contribution is 9.10. The molecule has 0 aliphatic heterocycles. The summed E-state index contributed by atoms with van der Waals surface area (Å²) in [7, 11) is 0. The van der Waals surface area contributed by atoms with Crippen LogP contribution in [0.1, 0.15) is 10.4 Å². The van der Waals surface area contributed by atoms with E-state index in [2.05, 4.69) is 21.2 Å². The molecule has 0 aliphatic carbocycles. The maximum atomic E-state index is 11.8. The molecule has 0 heterocycles. The molecule has 17 heavy (non-hydrogen) atoms. The Kier molecular flexibility index (Phi) is 5.32. The van der Waals surface area contributed by atoms with Crippen molar-refractivity contribution in [3.05, 3.63) is 34.3 Å². The first-order chi connectivity index (χ1) is 7.90. The van der Waals surface area contributed by atoms with Crippen molar-refractivity contribution >= 4 is 33.6 Å². The van der Waals surface area contributed by atoms with Crippen molar-refractivity contribution in [2.24, 2.45) is 0 Å². The highest BCUT2D eigenvalue weighted by Gasteiger charge is 2.27. The molecule has 7 heteroatoms. The Bertz CT molecular complexity index is 397. The van der Waals surface area contributed by atoms with Gasteiger partial charge in [0.15, 0.2) is 0 Å². The van der Waals surface area contributed by atoms with Gasteiger partial charge in [-0.15, -0.1) is 0 Å². The molecule has 1 N–H and O–H groups in total. The van der Waals surface area contributed by atoms with Crippen LogP contribution in [-0.4, -0.2) is 23.7 Å². The van der Waals surface area contributed by atoms with Crippen LogP contribution in [0.25, 0.3) is 0 Å². The molecular formula is C10H9BrF3NOS. The number of alkyl halides is 3. The number of thioether (sulfide) groups is 1. The molecular weight excluding hydrogens is 319 g/mol. The van der Waals surface area contributed by atoms with E-state index in [0.717, 1.165) is 0 Å². The molecule has 0 saturated carbocycles. The van der Waals surface area contributed by atoms with E-state index in [0.29, 0.717) is 10.0 Å². The van der Waals surface area contributed by atoms with Crippen LogP contribution in [0.5, 0.6) is 0 Å². The minimum Gasteiger partial charge on any atom is -0.351 e. The summed E-state index contributed by atoms with van der Waals surface area (Å²) >= 11 is 3.04. The molecule has 1 rings (SSSR count). The zero-order valence-corrected chi connectivity index (χ0v) is 11.0. The quantitative estimate of drug-likeness (QED) is 0.858. The second kappa shape index (κ2) is 6.30. The van der Waals surface area contributed by atoms with Crippen LogP contribution in [0.2, 0.25) is 0 Å². The second-order valence-corrected chi connectivity index (χ2v) is 5.04. The summed E-state index contributed by atoms with van der Waals surface area (Å²) in [4.78, 5) is 11.6. The third kappa shape index (κ3) is 5.45. The number of hydrogen-bond donors (Lipinski definition) is 1. The van der Waals surface area contributed by atoms with E-state index in [4.69, 9.17) is 0 Å². The van der Waals surface area contributed by atoms with Crippen LogP contribution in [0.15, 0.2) is 28.7 Å². The van der Waals surface area contributed by atoms with Crippen LogP contribution in [-0.2, 0) is 0 Å². The fourth-order valence-electron chi connectivity index (χ4n) is 1.07. The molecule has 0 unspecified atom stereocenters. The normalized spacial score (nSPS) is 11.3. The monoisotopic (exact) mass is 327 g/mol. The summed E-state index contributed by atoms with van der Waals surface area (Å²) in [6.07, 6.45) is 0. The second-order valence-electron chi connectivity index (χ2n) is 3.03. The third-order valence-electron chi connectivity index (χ3n) is 1.77. The van der Waals surface area contributed by atoms with Crippen molar-refractivity contribution < 1.29 is 18.0 Å². The number of rotatable bonds is 4. The average Bonchev–Trinajstić information content (AvgIpc) is 2.23. The molecule has 0 atom stereocenters. The van der Waals surface area contributed by atoms with Gasteiger partial charge in [-0.3, -0.25) is 4.79 Å². The van der Waals surface area contributed by atoms with E-state index < -0.39 is 5.51 Å². The standard InChI is InChI=1S/C10H9BrF3NOS/c11-8-4-2-1-3-7(8)9(16)15-5-6-17-10(12,13)14/h1-4H,5-6H2,(H,15,16). The summed E-state index contributed by atoms with van der Waals surface area (Å²) in [6.45, 7) is -0.0235. The van der Waals surface area contributed by atoms with Crippen LogP contribution < -0.4 is 5.32 Å². The van der Waals surface area contributed by atoms with Crippen molar-refractivity contribution in [1.82, 2.24) is 5.32 Å². The zero-order chi connectivity index (χ0) is 12.9. The van der Waals surface area contributed by atoms with Gasteiger partial charge in [0.2, 0.25) is 0 Å². The Morgan fingerprint density at radius 1 is 1.35 bits per heavy atom. The molecule has 0 aromatic heterocycles. The van der Waals surface area contributed by atoms with Gasteiger partial charge in [0.1, 0.15) is 0 Å². The SMILES string of the molecule is O=C(NCCSC(F)(F)F)c1ccccc1Br.